The van der Waals surface area contributed by atoms with Gasteiger partial charge in [0, 0.05) is 25.0 Å². The number of aromatic nitrogens is 3. The predicted octanol–water partition coefficient (Wildman–Crippen LogP) is 0.572. The van der Waals surface area contributed by atoms with Crippen LogP contribution in [0.5, 0.6) is 0 Å². The third kappa shape index (κ3) is 3.47. The minimum atomic E-state index is -3.67. The lowest BCUT2D eigenvalue weighted by atomic mass is 10.3. The Hall–Kier alpha value is -1.64. The fourth-order valence-corrected chi connectivity index (χ4v) is 2.96. The van der Waals surface area contributed by atoms with Crippen LogP contribution in [-0.4, -0.2) is 29.7 Å². The highest BCUT2D eigenvalue weighted by atomic mass is 35.5. The first-order valence-electron chi connectivity index (χ1n) is 5.78. The van der Waals surface area contributed by atoms with Crippen molar-refractivity contribution in [2.45, 2.75) is 11.3 Å². The summed E-state index contributed by atoms with van der Waals surface area (Å²) in [5.41, 5.74) is 5.77. The number of nitrogens with one attached hydrogen (secondary N) is 1. The van der Waals surface area contributed by atoms with Crippen LogP contribution in [0.4, 0.5) is 5.69 Å². The molecule has 0 amide bonds. The maximum absolute atomic E-state index is 12.1. The van der Waals surface area contributed by atoms with E-state index in [4.69, 9.17) is 17.3 Å². The van der Waals surface area contributed by atoms with Gasteiger partial charge < -0.3 is 5.73 Å². The first kappa shape index (κ1) is 14.8. The molecule has 0 saturated carbocycles. The molecule has 2 rings (SSSR count). The molecule has 9 heteroatoms. The van der Waals surface area contributed by atoms with Crippen LogP contribution in [0.3, 0.4) is 0 Å². The SMILES string of the molecule is Cn1cnc(CCNS(=O)(=O)c2ccc(Cl)cc2N)n1. The van der Waals surface area contributed by atoms with Crippen LogP contribution in [-0.2, 0) is 23.5 Å². The molecule has 0 spiro atoms. The minimum Gasteiger partial charge on any atom is -0.398 e. The fraction of sp³-hybridized carbons (Fsp3) is 0.273. The Labute approximate surface area is 121 Å². The van der Waals surface area contributed by atoms with E-state index >= 15 is 0 Å². The molecule has 0 aliphatic carbocycles. The second-order valence-corrected chi connectivity index (χ2v) is 6.34. The van der Waals surface area contributed by atoms with E-state index in [0.717, 1.165) is 0 Å². The van der Waals surface area contributed by atoms with E-state index in [-0.39, 0.29) is 17.1 Å². The van der Waals surface area contributed by atoms with Crippen LogP contribution in [0.15, 0.2) is 29.4 Å². The lowest BCUT2D eigenvalue weighted by molar-refractivity contribution is 0.581. The Morgan fingerprint density at radius 3 is 2.80 bits per heavy atom. The Morgan fingerprint density at radius 2 is 2.20 bits per heavy atom. The van der Waals surface area contributed by atoms with Crippen LogP contribution < -0.4 is 10.5 Å². The van der Waals surface area contributed by atoms with Crippen LogP contribution in [0.25, 0.3) is 0 Å². The van der Waals surface area contributed by atoms with Gasteiger partial charge in [0.25, 0.3) is 0 Å². The summed E-state index contributed by atoms with van der Waals surface area (Å²) >= 11 is 5.74. The maximum Gasteiger partial charge on any atom is 0.242 e. The Morgan fingerprint density at radius 1 is 1.45 bits per heavy atom. The van der Waals surface area contributed by atoms with E-state index in [0.29, 0.717) is 17.3 Å². The second-order valence-electron chi connectivity index (χ2n) is 4.16. The molecule has 0 fully saturated rings. The van der Waals surface area contributed by atoms with Gasteiger partial charge in [0.1, 0.15) is 11.2 Å². The predicted molar refractivity (Wildman–Crippen MR) is 75.8 cm³/mol. The van der Waals surface area contributed by atoms with Gasteiger partial charge in [0.05, 0.1) is 5.69 Å². The number of halogens is 1. The number of hydrogen-bond donors (Lipinski definition) is 2. The van der Waals surface area contributed by atoms with Crippen molar-refractivity contribution in [3.63, 3.8) is 0 Å². The molecule has 0 radical (unpaired) electrons. The van der Waals surface area contributed by atoms with E-state index in [9.17, 15) is 8.42 Å². The topological polar surface area (TPSA) is 103 Å². The zero-order chi connectivity index (χ0) is 14.8. The van der Waals surface area contributed by atoms with Crippen molar-refractivity contribution in [1.82, 2.24) is 19.5 Å². The normalized spacial score (nSPS) is 11.7. The lowest BCUT2D eigenvalue weighted by Crippen LogP contribution is -2.27. The first-order valence-corrected chi connectivity index (χ1v) is 7.64. The molecule has 0 atom stereocenters. The van der Waals surface area contributed by atoms with E-state index in [1.54, 1.807) is 18.1 Å². The second kappa shape index (κ2) is 5.78. The quantitative estimate of drug-likeness (QED) is 0.785. The van der Waals surface area contributed by atoms with E-state index in [2.05, 4.69) is 14.8 Å². The first-order chi connectivity index (χ1) is 9.38. The molecule has 0 saturated heterocycles. The summed E-state index contributed by atoms with van der Waals surface area (Å²) in [5.74, 6) is 0.569. The standard InChI is InChI=1S/C11H14ClN5O2S/c1-17-7-14-11(16-17)4-5-15-20(18,19)10-3-2-8(12)6-9(10)13/h2-3,6-7,15H,4-5,13H2,1H3. The molecule has 1 heterocycles. The number of rotatable bonds is 5. The molecule has 0 bridgehead atoms. The Balaban J connectivity index is 2.04. The van der Waals surface area contributed by atoms with Crippen molar-refractivity contribution in [1.29, 1.82) is 0 Å². The summed E-state index contributed by atoms with van der Waals surface area (Å²) in [6.45, 7) is 0.189. The van der Waals surface area contributed by atoms with Crippen LogP contribution >= 0.6 is 11.6 Å². The molecule has 3 N–H and O–H groups in total. The molecule has 0 unspecified atom stereocenters. The van der Waals surface area contributed by atoms with Crippen molar-refractivity contribution in [3.8, 4) is 0 Å². The minimum absolute atomic E-state index is 0.0101. The van der Waals surface area contributed by atoms with Gasteiger partial charge in [-0.1, -0.05) is 11.6 Å². The summed E-state index contributed by atoms with van der Waals surface area (Å²) in [4.78, 5) is 4.02. The molecular formula is C11H14ClN5O2S. The number of nitrogens with zero attached hydrogens (tertiary/aromatic N) is 3. The summed E-state index contributed by atoms with van der Waals surface area (Å²) in [6.07, 6.45) is 1.95. The Kier molecular flexibility index (Phi) is 4.26. The smallest absolute Gasteiger partial charge is 0.242 e. The van der Waals surface area contributed by atoms with Crippen molar-refractivity contribution >= 4 is 27.3 Å². The number of aryl methyl sites for hydroxylation is 1. The average Bonchev–Trinajstić information content (AvgIpc) is 2.74. The highest BCUT2D eigenvalue weighted by Gasteiger charge is 2.17. The molecule has 2 aromatic rings. The van der Waals surface area contributed by atoms with Gasteiger partial charge in [-0.25, -0.2) is 18.1 Å². The molecule has 20 heavy (non-hydrogen) atoms. The molecule has 1 aromatic heterocycles. The largest absolute Gasteiger partial charge is 0.398 e. The third-order valence-corrected chi connectivity index (χ3v) is 4.32. The van der Waals surface area contributed by atoms with Gasteiger partial charge in [-0.3, -0.25) is 4.68 Å². The van der Waals surface area contributed by atoms with E-state index in [1.807, 2.05) is 0 Å². The summed E-state index contributed by atoms with van der Waals surface area (Å²) in [5, 5.41) is 4.45. The monoisotopic (exact) mass is 315 g/mol. The van der Waals surface area contributed by atoms with Gasteiger partial charge >= 0.3 is 0 Å². The van der Waals surface area contributed by atoms with Crippen LogP contribution in [0.2, 0.25) is 5.02 Å². The van der Waals surface area contributed by atoms with Crippen LogP contribution in [0.1, 0.15) is 5.82 Å². The van der Waals surface area contributed by atoms with E-state index in [1.165, 1.54) is 18.2 Å². The third-order valence-electron chi connectivity index (χ3n) is 2.55. The van der Waals surface area contributed by atoms with Gasteiger partial charge in [0.15, 0.2) is 5.82 Å². The highest BCUT2D eigenvalue weighted by Crippen LogP contribution is 2.22. The number of nitrogen functional groups attached to an aromatic ring is 1. The van der Waals surface area contributed by atoms with Crippen molar-refractivity contribution in [2.24, 2.45) is 7.05 Å². The number of anilines is 1. The van der Waals surface area contributed by atoms with Crippen molar-refractivity contribution in [2.75, 3.05) is 12.3 Å². The zero-order valence-corrected chi connectivity index (χ0v) is 12.3. The maximum atomic E-state index is 12.1. The van der Waals surface area contributed by atoms with Crippen molar-refractivity contribution < 1.29 is 8.42 Å². The van der Waals surface area contributed by atoms with Gasteiger partial charge in [-0.05, 0) is 18.2 Å². The highest BCUT2D eigenvalue weighted by molar-refractivity contribution is 7.89. The molecule has 0 aliphatic rings. The number of sulfonamides is 1. The van der Waals surface area contributed by atoms with E-state index < -0.39 is 10.0 Å². The van der Waals surface area contributed by atoms with Crippen LogP contribution in [0, 0.1) is 0 Å². The summed E-state index contributed by atoms with van der Waals surface area (Å²) in [7, 11) is -1.92. The number of benzene rings is 1. The summed E-state index contributed by atoms with van der Waals surface area (Å²) < 4.78 is 28.2. The van der Waals surface area contributed by atoms with Gasteiger partial charge in [0.2, 0.25) is 10.0 Å². The number of nitrogens with two attached hydrogens (primary N) is 1. The Bertz CT molecular complexity index is 713. The zero-order valence-electron chi connectivity index (χ0n) is 10.7. The number of hydrogen-bond acceptors (Lipinski definition) is 5. The molecule has 108 valence electrons. The van der Waals surface area contributed by atoms with Gasteiger partial charge in [-0.2, -0.15) is 5.10 Å². The summed E-state index contributed by atoms with van der Waals surface area (Å²) in [6, 6.07) is 4.25. The molecule has 7 nitrogen and oxygen atoms in total. The lowest BCUT2D eigenvalue weighted by Gasteiger charge is -2.08. The molecule has 0 aliphatic heterocycles. The molecular weight excluding hydrogens is 302 g/mol. The molecule has 1 aromatic carbocycles. The van der Waals surface area contributed by atoms with Gasteiger partial charge in [-0.15, -0.1) is 0 Å². The van der Waals surface area contributed by atoms with Crippen molar-refractivity contribution in [3.05, 3.63) is 35.4 Å². The fourth-order valence-electron chi connectivity index (χ4n) is 1.64. The average molecular weight is 316 g/mol.